The number of hydrogen-bond donors (Lipinski definition) is 0. The van der Waals surface area contributed by atoms with Crippen molar-refractivity contribution in [2.24, 2.45) is 0 Å². The van der Waals surface area contributed by atoms with E-state index in [-0.39, 0.29) is 12.2 Å². The zero-order valence-electron chi connectivity index (χ0n) is 11.0. The number of ether oxygens (including phenoxy) is 1. The molecule has 20 heavy (non-hydrogen) atoms. The minimum absolute atomic E-state index is 0.102. The second-order valence-corrected chi connectivity index (χ2v) is 6.24. The van der Waals surface area contributed by atoms with Crippen LogP contribution in [0.4, 0.5) is 0 Å². The highest BCUT2D eigenvalue weighted by molar-refractivity contribution is 7.09. The summed E-state index contributed by atoms with van der Waals surface area (Å²) in [5.41, 5.74) is 0.701. The zero-order chi connectivity index (χ0) is 14.7. The standard InChI is InChI=1S/C14H13Cl2NO2S/c1-8(2)14-17-9(7-20-14)6-12(18)19-13-10(15)4-3-5-11(13)16/h3-5,7-8H,6H2,1-2H3. The molecule has 0 saturated heterocycles. The van der Waals surface area contributed by atoms with Gasteiger partial charge in [-0.1, -0.05) is 43.1 Å². The molecule has 106 valence electrons. The van der Waals surface area contributed by atoms with Crippen molar-refractivity contribution in [3.63, 3.8) is 0 Å². The van der Waals surface area contributed by atoms with Gasteiger partial charge < -0.3 is 4.74 Å². The van der Waals surface area contributed by atoms with Crippen molar-refractivity contribution >= 4 is 40.5 Å². The smallest absolute Gasteiger partial charge is 0.317 e. The highest BCUT2D eigenvalue weighted by atomic mass is 35.5. The lowest BCUT2D eigenvalue weighted by atomic mass is 10.2. The lowest BCUT2D eigenvalue weighted by molar-refractivity contribution is -0.133. The number of carbonyl (C=O) groups is 1. The van der Waals surface area contributed by atoms with Crippen molar-refractivity contribution in [1.29, 1.82) is 0 Å². The maximum atomic E-state index is 11.9. The molecule has 2 rings (SSSR count). The number of para-hydroxylation sites is 1. The highest BCUT2D eigenvalue weighted by Gasteiger charge is 2.15. The van der Waals surface area contributed by atoms with Crippen LogP contribution in [0.2, 0.25) is 10.0 Å². The molecule has 2 aromatic rings. The summed E-state index contributed by atoms with van der Waals surface area (Å²) in [5, 5.41) is 3.49. The van der Waals surface area contributed by atoms with Crippen LogP contribution in [0.1, 0.15) is 30.5 Å². The molecule has 0 bridgehead atoms. The molecule has 1 heterocycles. The Balaban J connectivity index is 2.05. The number of rotatable bonds is 4. The molecule has 0 aliphatic heterocycles. The van der Waals surface area contributed by atoms with Crippen LogP contribution in [0.25, 0.3) is 0 Å². The molecule has 3 nitrogen and oxygen atoms in total. The molecule has 0 atom stereocenters. The van der Waals surface area contributed by atoms with E-state index in [0.29, 0.717) is 21.7 Å². The Labute approximate surface area is 131 Å². The first-order valence-corrected chi connectivity index (χ1v) is 7.70. The quantitative estimate of drug-likeness (QED) is 0.601. The van der Waals surface area contributed by atoms with Crippen molar-refractivity contribution in [3.8, 4) is 5.75 Å². The Kier molecular flexibility index (Phi) is 5.02. The molecular weight excluding hydrogens is 317 g/mol. The lowest BCUT2D eigenvalue weighted by Crippen LogP contribution is -2.12. The van der Waals surface area contributed by atoms with Gasteiger partial charge in [0.1, 0.15) is 0 Å². The number of carbonyl (C=O) groups excluding carboxylic acids is 1. The highest BCUT2D eigenvalue weighted by Crippen LogP contribution is 2.32. The van der Waals surface area contributed by atoms with Crippen molar-refractivity contribution in [1.82, 2.24) is 4.98 Å². The molecule has 0 spiro atoms. The van der Waals surface area contributed by atoms with Gasteiger partial charge in [0.25, 0.3) is 0 Å². The molecule has 0 N–H and O–H groups in total. The number of aromatic nitrogens is 1. The number of halogens is 2. The van der Waals surface area contributed by atoms with E-state index in [0.717, 1.165) is 5.01 Å². The Morgan fingerprint density at radius 3 is 2.55 bits per heavy atom. The van der Waals surface area contributed by atoms with Crippen LogP contribution >= 0.6 is 34.5 Å². The van der Waals surface area contributed by atoms with Gasteiger partial charge in [0.15, 0.2) is 5.75 Å². The average molecular weight is 330 g/mol. The van der Waals surface area contributed by atoms with E-state index in [9.17, 15) is 4.79 Å². The van der Waals surface area contributed by atoms with E-state index in [2.05, 4.69) is 18.8 Å². The maximum absolute atomic E-state index is 11.9. The number of hydrogen-bond acceptors (Lipinski definition) is 4. The Bertz CT molecular complexity index is 605. The first-order chi connectivity index (χ1) is 9.47. The predicted octanol–water partition coefficient (Wildman–Crippen LogP) is 4.72. The number of esters is 1. The second-order valence-electron chi connectivity index (χ2n) is 4.53. The number of benzene rings is 1. The van der Waals surface area contributed by atoms with Crippen LogP contribution in [-0.2, 0) is 11.2 Å². The first-order valence-electron chi connectivity index (χ1n) is 6.06. The van der Waals surface area contributed by atoms with Crippen molar-refractivity contribution in [2.45, 2.75) is 26.2 Å². The van der Waals surface area contributed by atoms with Gasteiger partial charge >= 0.3 is 5.97 Å². The minimum Gasteiger partial charge on any atom is -0.423 e. The normalized spacial score (nSPS) is 10.8. The third kappa shape index (κ3) is 3.72. The van der Waals surface area contributed by atoms with Crippen LogP contribution in [0.15, 0.2) is 23.6 Å². The lowest BCUT2D eigenvalue weighted by Gasteiger charge is -2.07. The van der Waals surface area contributed by atoms with Gasteiger partial charge in [-0.25, -0.2) is 4.98 Å². The van der Waals surface area contributed by atoms with Crippen molar-refractivity contribution in [2.75, 3.05) is 0 Å². The van der Waals surface area contributed by atoms with E-state index in [1.54, 1.807) is 29.5 Å². The fraction of sp³-hybridized carbons (Fsp3) is 0.286. The molecular formula is C14H13Cl2NO2S. The number of nitrogens with zero attached hydrogens (tertiary/aromatic N) is 1. The van der Waals surface area contributed by atoms with E-state index >= 15 is 0 Å². The Morgan fingerprint density at radius 1 is 1.35 bits per heavy atom. The SMILES string of the molecule is CC(C)c1nc(CC(=O)Oc2c(Cl)cccc2Cl)cs1. The van der Waals surface area contributed by atoms with Crippen LogP contribution in [-0.4, -0.2) is 11.0 Å². The summed E-state index contributed by atoms with van der Waals surface area (Å²) < 4.78 is 5.21. The van der Waals surface area contributed by atoms with Crippen LogP contribution in [0.5, 0.6) is 5.75 Å². The van der Waals surface area contributed by atoms with Gasteiger partial charge in [0.05, 0.1) is 27.2 Å². The van der Waals surface area contributed by atoms with Gasteiger partial charge in [-0.05, 0) is 12.1 Å². The summed E-state index contributed by atoms with van der Waals surface area (Å²) in [7, 11) is 0. The monoisotopic (exact) mass is 329 g/mol. The fourth-order valence-electron chi connectivity index (χ4n) is 1.55. The summed E-state index contributed by atoms with van der Waals surface area (Å²) in [4.78, 5) is 16.3. The van der Waals surface area contributed by atoms with Crippen molar-refractivity contribution < 1.29 is 9.53 Å². The topological polar surface area (TPSA) is 39.2 Å². The van der Waals surface area contributed by atoms with Crippen LogP contribution in [0.3, 0.4) is 0 Å². The summed E-state index contributed by atoms with van der Waals surface area (Å²) in [6, 6.07) is 4.93. The van der Waals surface area contributed by atoms with Gasteiger partial charge in [-0.2, -0.15) is 0 Å². The number of thiazole rings is 1. The zero-order valence-corrected chi connectivity index (χ0v) is 13.4. The summed E-state index contributed by atoms with van der Waals surface area (Å²) >= 11 is 13.4. The fourth-order valence-corrected chi connectivity index (χ4v) is 2.86. The molecule has 0 aliphatic rings. The Hall–Kier alpha value is -1.10. The first kappa shape index (κ1) is 15.3. The molecule has 0 fully saturated rings. The van der Waals surface area contributed by atoms with Gasteiger partial charge in [-0.3, -0.25) is 4.79 Å². The largest absolute Gasteiger partial charge is 0.423 e. The van der Waals surface area contributed by atoms with E-state index < -0.39 is 5.97 Å². The predicted molar refractivity (Wildman–Crippen MR) is 82.0 cm³/mol. The third-order valence-electron chi connectivity index (χ3n) is 2.52. The Morgan fingerprint density at radius 2 is 2.00 bits per heavy atom. The van der Waals surface area contributed by atoms with E-state index in [4.69, 9.17) is 27.9 Å². The summed E-state index contributed by atoms with van der Waals surface area (Å²) in [5.74, 6) is 0.114. The van der Waals surface area contributed by atoms with Crippen molar-refractivity contribution in [3.05, 3.63) is 44.3 Å². The molecule has 1 aromatic heterocycles. The van der Waals surface area contributed by atoms with Crippen LogP contribution < -0.4 is 4.74 Å². The average Bonchev–Trinajstić information content (AvgIpc) is 2.82. The van der Waals surface area contributed by atoms with Crippen LogP contribution in [0, 0.1) is 0 Å². The van der Waals surface area contributed by atoms with Gasteiger partial charge in [0, 0.05) is 11.3 Å². The van der Waals surface area contributed by atoms with E-state index in [1.165, 1.54) is 0 Å². The van der Waals surface area contributed by atoms with Gasteiger partial charge in [0.2, 0.25) is 0 Å². The molecule has 0 aliphatic carbocycles. The van der Waals surface area contributed by atoms with E-state index in [1.807, 2.05) is 5.38 Å². The summed E-state index contributed by atoms with van der Waals surface area (Å²) in [6.07, 6.45) is 0.102. The molecule has 0 saturated carbocycles. The molecule has 6 heteroatoms. The second kappa shape index (κ2) is 6.57. The third-order valence-corrected chi connectivity index (χ3v) is 4.31. The molecule has 0 unspecified atom stereocenters. The van der Waals surface area contributed by atoms with Gasteiger partial charge in [-0.15, -0.1) is 11.3 Å². The molecule has 0 radical (unpaired) electrons. The minimum atomic E-state index is -0.430. The summed E-state index contributed by atoms with van der Waals surface area (Å²) in [6.45, 7) is 4.12. The molecule has 1 aromatic carbocycles. The maximum Gasteiger partial charge on any atom is 0.317 e. The molecule has 0 amide bonds.